The number of anilines is 1. The van der Waals surface area contributed by atoms with Crippen LogP contribution < -0.4 is 10.6 Å². The summed E-state index contributed by atoms with van der Waals surface area (Å²) >= 11 is 0. The number of carbonyl (C=O) groups excluding carboxylic acids is 2. The fraction of sp³-hybridized carbons (Fsp3) is 0.467. The van der Waals surface area contributed by atoms with Crippen LogP contribution in [0.3, 0.4) is 0 Å². The first kappa shape index (κ1) is 14.5. The fourth-order valence-electron chi connectivity index (χ4n) is 2.46. The molecule has 1 heterocycles. The van der Waals surface area contributed by atoms with Gasteiger partial charge in [0.05, 0.1) is 0 Å². The largest absolute Gasteiger partial charge is 0.339 e. The van der Waals surface area contributed by atoms with Crippen molar-refractivity contribution in [2.24, 2.45) is 0 Å². The predicted molar refractivity (Wildman–Crippen MR) is 78.7 cm³/mol. The van der Waals surface area contributed by atoms with E-state index >= 15 is 0 Å². The van der Waals surface area contributed by atoms with Crippen molar-refractivity contribution in [2.45, 2.75) is 25.8 Å². The molecule has 1 aliphatic heterocycles. The zero-order valence-electron chi connectivity index (χ0n) is 12.0. The lowest BCUT2D eigenvalue weighted by atomic mass is 10.0. The maximum atomic E-state index is 12.4. The van der Waals surface area contributed by atoms with Gasteiger partial charge in [-0.25, -0.2) is 0 Å². The number of nitrogens with one attached hydrogen (secondary N) is 2. The monoisotopic (exact) mass is 275 g/mol. The zero-order valence-corrected chi connectivity index (χ0v) is 12.0. The molecule has 0 unspecified atom stereocenters. The Bertz CT molecular complexity index is 478. The topological polar surface area (TPSA) is 61.4 Å². The Hall–Kier alpha value is -1.88. The molecule has 2 amide bonds. The molecule has 5 heteroatoms. The van der Waals surface area contributed by atoms with E-state index in [1.807, 2.05) is 11.9 Å². The summed E-state index contributed by atoms with van der Waals surface area (Å²) < 4.78 is 0. The van der Waals surface area contributed by atoms with Gasteiger partial charge in [0.2, 0.25) is 5.91 Å². The minimum Gasteiger partial charge on any atom is -0.339 e. The van der Waals surface area contributed by atoms with E-state index in [2.05, 4.69) is 10.6 Å². The summed E-state index contributed by atoms with van der Waals surface area (Å²) in [5, 5.41) is 5.99. The van der Waals surface area contributed by atoms with Gasteiger partial charge in [0, 0.05) is 31.3 Å². The Kier molecular flexibility index (Phi) is 4.74. The van der Waals surface area contributed by atoms with Gasteiger partial charge in [0.1, 0.15) is 0 Å². The van der Waals surface area contributed by atoms with Crippen LogP contribution in [-0.4, -0.2) is 42.9 Å². The van der Waals surface area contributed by atoms with Crippen LogP contribution in [0, 0.1) is 0 Å². The number of benzene rings is 1. The third kappa shape index (κ3) is 3.57. The molecule has 0 aliphatic carbocycles. The highest BCUT2D eigenvalue weighted by atomic mass is 16.2. The second-order valence-corrected chi connectivity index (χ2v) is 5.16. The molecule has 1 aromatic rings. The van der Waals surface area contributed by atoms with Gasteiger partial charge in [-0.15, -0.1) is 0 Å². The van der Waals surface area contributed by atoms with Crippen molar-refractivity contribution in [3.8, 4) is 0 Å². The van der Waals surface area contributed by atoms with E-state index in [9.17, 15) is 9.59 Å². The Morgan fingerprint density at radius 1 is 1.20 bits per heavy atom. The van der Waals surface area contributed by atoms with Gasteiger partial charge in [-0.2, -0.15) is 0 Å². The van der Waals surface area contributed by atoms with Crippen LogP contribution in [0.1, 0.15) is 30.1 Å². The standard InChI is InChI=1S/C15H21N3O2/c1-11(19)17-13-5-3-12(4-6-13)15(20)18(2)14-7-9-16-10-8-14/h3-6,14,16H,7-10H2,1-2H3,(H,17,19). The first-order valence-corrected chi connectivity index (χ1v) is 6.93. The highest BCUT2D eigenvalue weighted by Crippen LogP contribution is 2.15. The summed E-state index contributed by atoms with van der Waals surface area (Å²) in [6, 6.07) is 7.32. The van der Waals surface area contributed by atoms with Crippen LogP contribution in [0.25, 0.3) is 0 Å². The second-order valence-electron chi connectivity index (χ2n) is 5.16. The summed E-state index contributed by atoms with van der Waals surface area (Å²) in [4.78, 5) is 25.2. The molecule has 2 rings (SSSR count). The molecule has 20 heavy (non-hydrogen) atoms. The van der Waals surface area contributed by atoms with Gasteiger partial charge in [0.25, 0.3) is 5.91 Å². The molecular weight excluding hydrogens is 254 g/mol. The minimum absolute atomic E-state index is 0.0336. The first-order chi connectivity index (χ1) is 9.58. The van der Waals surface area contributed by atoms with Crippen LogP contribution in [0.2, 0.25) is 0 Å². The Morgan fingerprint density at radius 2 is 1.80 bits per heavy atom. The van der Waals surface area contributed by atoms with Crippen molar-refractivity contribution in [3.63, 3.8) is 0 Å². The molecule has 1 aromatic carbocycles. The Morgan fingerprint density at radius 3 is 2.35 bits per heavy atom. The number of nitrogens with zero attached hydrogens (tertiary/aromatic N) is 1. The zero-order chi connectivity index (χ0) is 14.5. The SMILES string of the molecule is CC(=O)Nc1ccc(C(=O)N(C)C2CCNCC2)cc1. The van der Waals surface area contributed by atoms with Crippen molar-refractivity contribution >= 4 is 17.5 Å². The quantitative estimate of drug-likeness (QED) is 0.878. The van der Waals surface area contributed by atoms with Gasteiger partial charge in [-0.3, -0.25) is 9.59 Å². The molecule has 5 nitrogen and oxygen atoms in total. The summed E-state index contributed by atoms with van der Waals surface area (Å²) in [6.07, 6.45) is 1.98. The third-order valence-corrected chi connectivity index (χ3v) is 3.63. The molecule has 0 bridgehead atoms. The van der Waals surface area contributed by atoms with Crippen molar-refractivity contribution in [1.82, 2.24) is 10.2 Å². The molecule has 0 aromatic heterocycles. The van der Waals surface area contributed by atoms with E-state index in [4.69, 9.17) is 0 Å². The molecule has 0 radical (unpaired) electrons. The molecule has 0 atom stereocenters. The molecular formula is C15H21N3O2. The lowest BCUT2D eigenvalue weighted by molar-refractivity contribution is -0.114. The predicted octanol–water partition coefficient (Wildman–Crippen LogP) is 1.47. The normalized spacial score (nSPS) is 15.7. The van der Waals surface area contributed by atoms with E-state index in [1.54, 1.807) is 24.3 Å². The average Bonchev–Trinajstić information content (AvgIpc) is 2.47. The molecule has 2 N–H and O–H groups in total. The summed E-state index contributed by atoms with van der Waals surface area (Å²) in [5.74, 6) is -0.0813. The van der Waals surface area contributed by atoms with Crippen LogP contribution in [0.4, 0.5) is 5.69 Å². The minimum atomic E-state index is -0.115. The van der Waals surface area contributed by atoms with Gasteiger partial charge in [-0.05, 0) is 50.2 Å². The second kappa shape index (κ2) is 6.52. The van der Waals surface area contributed by atoms with Crippen LogP contribution in [0.15, 0.2) is 24.3 Å². The molecule has 1 saturated heterocycles. The van der Waals surface area contributed by atoms with Crippen molar-refractivity contribution < 1.29 is 9.59 Å². The maximum Gasteiger partial charge on any atom is 0.253 e. The maximum absolute atomic E-state index is 12.4. The number of hydrogen-bond donors (Lipinski definition) is 2. The Balaban J connectivity index is 2.02. The van der Waals surface area contributed by atoms with E-state index in [0.717, 1.165) is 25.9 Å². The van der Waals surface area contributed by atoms with Crippen LogP contribution in [0.5, 0.6) is 0 Å². The highest BCUT2D eigenvalue weighted by molar-refractivity contribution is 5.95. The number of carbonyl (C=O) groups is 2. The van der Waals surface area contributed by atoms with Gasteiger partial charge in [0.15, 0.2) is 0 Å². The third-order valence-electron chi connectivity index (χ3n) is 3.63. The molecule has 0 spiro atoms. The number of hydrogen-bond acceptors (Lipinski definition) is 3. The number of amides is 2. The summed E-state index contributed by atoms with van der Waals surface area (Å²) in [6.45, 7) is 3.39. The lowest BCUT2D eigenvalue weighted by Gasteiger charge is -2.31. The molecule has 0 saturated carbocycles. The van der Waals surface area contributed by atoms with Crippen molar-refractivity contribution in [3.05, 3.63) is 29.8 Å². The van der Waals surface area contributed by atoms with Crippen LogP contribution in [-0.2, 0) is 4.79 Å². The van der Waals surface area contributed by atoms with E-state index in [-0.39, 0.29) is 11.8 Å². The highest BCUT2D eigenvalue weighted by Gasteiger charge is 2.22. The fourth-order valence-corrected chi connectivity index (χ4v) is 2.46. The molecule has 1 aliphatic rings. The number of rotatable bonds is 3. The van der Waals surface area contributed by atoms with Gasteiger partial charge < -0.3 is 15.5 Å². The van der Waals surface area contributed by atoms with E-state index < -0.39 is 0 Å². The molecule has 1 fully saturated rings. The lowest BCUT2D eigenvalue weighted by Crippen LogP contribution is -2.43. The van der Waals surface area contributed by atoms with Gasteiger partial charge >= 0.3 is 0 Å². The summed E-state index contributed by atoms with van der Waals surface area (Å²) in [5.41, 5.74) is 1.36. The number of piperidine rings is 1. The average molecular weight is 275 g/mol. The molecule has 108 valence electrons. The van der Waals surface area contributed by atoms with E-state index in [1.165, 1.54) is 6.92 Å². The van der Waals surface area contributed by atoms with Crippen molar-refractivity contribution in [1.29, 1.82) is 0 Å². The Labute approximate surface area is 119 Å². The summed E-state index contributed by atoms with van der Waals surface area (Å²) in [7, 11) is 1.86. The van der Waals surface area contributed by atoms with Crippen LogP contribution >= 0.6 is 0 Å². The van der Waals surface area contributed by atoms with Gasteiger partial charge in [-0.1, -0.05) is 0 Å². The van der Waals surface area contributed by atoms with E-state index in [0.29, 0.717) is 17.3 Å². The van der Waals surface area contributed by atoms with Crippen molar-refractivity contribution in [2.75, 3.05) is 25.5 Å². The smallest absolute Gasteiger partial charge is 0.253 e. The first-order valence-electron chi connectivity index (χ1n) is 6.93.